The van der Waals surface area contributed by atoms with Crippen LogP contribution >= 0.6 is 0 Å². The lowest BCUT2D eigenvalue weighted by Gasteiger charge is -2.04. The monoisotopic (exact) mass is 212 g/mol. The second-order valence-electron chi connectivity index (χ2n) is 3.02. The number of rotatable bonds is 0. The van der Waals surface area contributed by atoms with E-state index in [2.05, 4.69) is 39.8 Å². The molecule has 0 unspecified atom stereocenters. The molecule has 1 rings (SSSR count). The van der Waals surface area contributed by atoms with Crippen molar-refractivity contribution in [3.8, 4) is 0 Å². The van der Waals surface area contributed by atoms with E-state index < -0.39 is 0 Å². The molecule has 1 aromatic rings. The molecule has 0 radical (unpaired) electrons. The molecule has 1 aromatic carbocycles. The second-order valence-corrected chi connectivity index (χ2v) is 3.02. The van der Waals surface area contributed by atoms with E-state index in [0.29, 0.717) is 0 Å². The minimum Gasteiger partial charge on any atom is -0.0776 e. The van der Waals surface area contributed by atoms with Crippen LogP contribution in [0.2, 0.25) is 0 Å². The van der Waals surface area contributed by atoms with Crippen LogP contribution in [-0.2, 0) is 0 Å². The number of hydrogen-bond acceptors (Lipinski definition) is 0. The van der Waals surface area contributed by atoms with E-state index in [9.17, 15) is 0 Å². The van der Waals surface area contributed by atoms with E-state index in [1.54, 1.807) is 0 Å². The maximum Gasteiger partial charge on any atom is -0.0392 e. The van der Waals surface area contributed by atoms with Gasteiger partial charge in [0.1, 0.15) is 0 Å². The van der Waals surface area contributed by atoms with Gasteiger partial charge in [0, 0.05) is 0 Å². The van der Waals surface area contributed by atoms with Gasteiger partial charge >= 0.3 is 0 Å². The Balaban J connectivity index is -0.000000114. The minimum atomic E-state index is 0. The standard InChI is InChI=1S/C10H14.C2H6.3CH4/c1-7-5-8(2)10(4)9(3)6-7;1-2;;;/h5-6H,1-4H3;1-2H3;3*1H4. The average molecular weight is 212 g/mol. The van der Waals surface area contributed by atoms with Crippen LogP contribution in [0.5, 0.6) is 0 Å². The largest absolute Gasteiger partial charge is 0.0776 e. The number of hydrogen-bond donors (Lipinski definition) is 0. The van der Waals surface area contributed by atoms with Crippen molar-refractivity contribution in [1.82, 2.24) is 0 Å². The Morgan fingerprint density at radius 3 is 1.20 bits per heavy atom. The molecule has 0 amide bonds. The topological polar surface area (TPSA) is 0 Å². The summed E-state index contributed by atoms with van der Waals surface area (Å²) in [7, 11) is 0. The summed E-state index contributed by atoms with van der Waals surface area (Å²) >= 11 is 0. The fourth-order valence-corrected chi connectivity index (χ4v) is 1.25. The van der Waals surface area contributed by atoms with Crippen molar-refractivity contribution < 1.29 is 0 Å². The molecule has 0 spiro atoms. The smallest absolute Gasteiger partial charge is 0.0392 e. The summed E-state index contributed by atoms with van der Waals surface area (Å²) in [5, 5.41) is 0. The highest BCUT2D eigenvalue weighted by Gasteiger charge is 1.95. The Labute approximate surface area is 98.7 Å². The summed E-state index contributed by atoms with van der Waals surface area (Å²) in [6, 6.07) is 4.45. The summed E-state index contributed by atoms with van der Waals surface area (Å²) in [5.41, 5.74) is 5.58. The molecule has 15 heavy (non-hydrogen) atoms. The van der Waals surface area contributed by atoms with E-state index in [-0.39, 0.29) is 22.3 Å². The highest BCUT2D eigenvalue weighted by molar-refractivity contribution is 5.35. The first-order valence-electron chi connectivity index (χ1n) is 4.65. The van der Waals surface area contributed by atoms with Crippen LogP contribution in [0.25, 0.3) is 0 Å². The molecule has 0 nitrogen and oxygen atoms in total. The third-order valence-electron chi connectivity index (χ3n) is 2.07. The molecule has 0 saturated carbocycles. The molecule has 0 N–H and O–H groups in total. The Kier molecular flexibility index (Phi) is 17.9. The third kappa shape index (κ3) is 7.18. The summed E-state index contributed by atoms with van der Waals surface area (Å²) in [5.74, 6) is 0. The summed E-state index contributed by atoms with van der Waals surface area (Å²) in [6.07, 6.45) is 0. The molecule has 0 aliphatic rings. The van der Waals surface area contributed by atoms with Gasteiger partial charge in [0.2, 0.25) is 0 Å². The predicted molar refractivity (Wildman–Crippen MR) is 76.9 cm³/mol. The molecule has 0 aromatic heterocycles. The molecule has 0 heterocycles. The lowest BCUT2D eigenvalue weighted by Crippen LogP contribution is -1.86. The van der Waals surface area contributed by atoms with Crippen LogP contribution in [0.15, 0.2) is 12.1 Å². The Morgan fingerprint density at radius 1 is 0.667 bits per heavy atom. The van der Waals surface area contributed by atoms with Gasteiger partial charge in [-0.25, -0.2) is 0 Å². The Bertz CT molecular complexity index is 223. The quantitative estimate of drug-likeness (QED) is 0.505. The third-order valence-corrected chi connectivity index (χ3v) is 2.07. The van der Waals surface area contributed by atoms with Crippen LogP contribution in [0, 0.1) is 27.7 Å². The zero-order valence-electron chi connectivity index (χ0n) is 9.15. The molecule has 0 bridgehead atoms. The van der Waals surface area contributed by atoms with E-state index in [4.69, 9.17) is 0 Å². The summed E-state index contributed by atoms with van der Waals surface area (Å²) in [6.45, 7) is 12.6. The molecular formula is C15H32. The van der Waals surface area contributed by atoms with Gasteiger partial charge in [0.15, 0.2) is 0 Å². The SMILES string of the molecule is C.C.C.CC.Cc1cc(C)c(C)c(C)c1. The van der Waals surface area contributed by atoms with Crippen molar-refractivity contribution in [3.63, 3.8) is 0 Å². The van der Waals surface area contributed by atoms with Crippen LogP contribution in [0.3, 0.4) is 0 Å². The van der Waals surface area contributed by atoms with Gasteiger partial charge in [-0.15, -0.1) is 0 Å². The first-order chi connectivity index (χ1) is 5.61. The Morgan fingerprint density at radius 2 is 0.933 bits per heavy atom. The van der Waals surface area contributed by atoms with E-state index in [1.807, 2.05) is 13.8 Å². The zero-order valence-corrected chi connectivity index (χ0v) is 9.15. The molecule has 0 aliphatic heterocycles. The van der Waals surface area contributed by atoms with E-state index in [1.165, 1.54) is 22.3 Å². The van der Waals surface area contributed by atoms with Crippen molar-refractivity contribution in [3.05, 3.63) is 34.4 Å². The van der Waals surface area contributed by atoms with Crippen LogP contribution in [0.1, 0.15) is 58.4 Å². The van der Waals surface area contributed by atoms with Gasteiger partial charge in [0.05, 0.1) is 0 Å². The number of benzene rings is 1. The van der Waals surface area contributed by atoms with Crippen LogP contribution in [-0.4, -0.2) is 0 Å². The van der Waals surface area contributed by atoms with E-state index >= 15 is 0 Å². The van der Waals surface area contributed by atoms with Gasteiger partial charge in [0.25, 0.3) is 0 Å². The fourth-order valence-electron chi connectivity index (χ4n) is 1.25. The normalized spacial score (nSPS) is 7.07. The summed E-state index contributed by atoms with van der Waals surface area (Å²) in [4.78, 5) is 0. The molecule has 0 atom stereocenters. The average Bonchev–Trinajstić information content (AvgIpc) is 2.04. The van der Waals surface area contributed by atoms with Crippen LogP contribution < -0.4 is 0 Å². The van der Waals surface area contributed by atoms with E-state index in [0.717, 1.165) is 0 Å². The second kappa shape index (κ2) is 11.3. The molecule has 0 fully saturated rings. The van der Waals surface area contributed by atoms with Gasteiger partial charge in [-0.1, -0.05) is 53.8 Å². The molecular weight excluding hydrogens is 180 g/mol. The first kappa shape index (κ1) is 23.8. The van der Waals surface area contributed by atoms with Crippen molar-refractivity contribution in [1.29, 1.82) is 0 Å². The predicted octanol–water partition coefficient (Wildman–Crippen LogP) is 5.85. The van der Waals surface area contributed by atoms with Gasteiger partial charge < -0.3 is 0 Å². The zero-order chi connectivity index (χ0) is 9.72. The highest BCUT2D eigenvalue weighted by atomic mass is 14.0. The lowest BCUT2D eigenvalue weighted by molar-refractivity contribution is 1.23. The van der Waals surface area contributed by atoms with Crippen molar-refractivity contribution in [2.75, 3.05) is 0 Å². The lowest BCUT2D eigenvalue weighted by atomic mass is 10.0. The number of aryl methyl sites for hydroxylation is 3. The molecule has 0 heteroatoms. The van der Waals surface area contributed by atoms with Crippen molar-refractivity contribution >= 4 is 0 Å². The highest BCUT2D eigenvalue weighted by Crippen LogP contribution is 2.13. The maximum absolute atomic E-state index is 2.22. The molecule has 0 saturated heterocycles. The van der Waals surface area contributed by atoms with Gasteiger partial charge in [-0.05, 0) is 44.4 Å². The summed E-state index contributed by atoms with van der Waals surface area (Å²) < 4.78 is 0. The fraction of sp³-hybridized carbons (Fsp3) is 0.600. The molecule has 92 valence electrons. The Hall–Kier alpha value is -0.780. The first-order valence-corrected chi connectivity index (χ1v) is 4.65. The minimum absolute atomic E-state index is 0. The van der Waals surface area contributed by atoms with Gasteiger partial charge in [-0.2, -0.15) is 0 Å². The maximum atomic E-state index is 2.22. The van der Waals surface area contributed by atoms with Gasteiger partial charge in [-0.3, -0.25) is 0 Å². The van der Waals surface area contributed by atoms with Crippen LogP contribution in [0.4, 0.5) is 0 Å². The van der Waals surface area contributed by atoms with Crippen molar-refractivity contribution in [2.45, 2.75) is 63.8 Å². The molecule has 0 aliphatic carbocycles. The van der Waals surface area contributed by atoms with Crippen molar-refractivity contribution in [2.24, 2.45) is 0 Å².